The Bertz CT molecular complexity index is 1280. The zero-order chi connectivity index (χ0) is 22.3. The minimum absolute atomic E-state index is 0.0130. The van der Waals surface area contributed by atoms with E-state index in [0.29, 0.717) is 16.1 Å². The predicted octanol–water partition coefficient (Wildman–Crippen LogP) is 3.20. The fourth-order valence-electron chi connectivity index (χ4n) is 3.34. The van der Waals surface area contributed by atoms with Crippen LogP contribution in [0.4, 0.5) is 5.95 Å². The number of β-lactam (4-membered cyclic amide) rings is 1. The number of phenolic OH excluding ortho intramolecular Hbond substituents is 1. The number of carbonyl (C=O) groups is 1. The van der Waals surface area contributed by atoms with Gasteiger partial charge in [0.05, 0.1) is 5.69 Å². The van der Waals surface area contributed by atoms with Crippen LogP contribution >= 0.6 is 23.2 Å². The number of benzene rings is 2. The Morgan fingerprint density at radius 3 is 2.48 bits per heavy atom. The van der Waals surface area contributed by atoms with Gasteiger partial charge >= 0.3 is 0 Å². The van der Waals surface area contributed by atoms with Gasteiger partial charge in [-0.2, -0.15) is 5.26 Å². The van der Waals surface area contributed by atoms with E-state index < -0.39 is 22.9 Å². The first kappa shape index (κ1) is 20.7. The molecule has 8 nitrogen and oxygen atoms in total. The number of nitrogens with one attached hydrogen (secondary N) is 1. The first-order valence-electron chi connectivity index (χ1n) is 9.12. The Kier molecular flexibility index (Phi) is 5.31. The van der Waals surface area contributed by atoms with E-state index in [1.54, 1.807) is 42.5 Å². The van der Waals surface area contributed by atoms with E-state index >= 15 is 0 Å². The van der Waals surface area contributed by atoms with Crippen LogP contribution in [0, 0.1) is 11.3 Å². The van der Waals surface area contributed by atoms with Gasteiger partial charge in [0, 0.05) is 23.2 Å². The summed E-state index contributed by atoms with van der Waals surface area (Å²) in [6.07, 6.45) is 0. The molecule has 2 aromatic carbocycles. The number of hydrogen-bond donors (Lipinski definition) is 2. The number of hydrazine groups is 1. The molecular weight excluding hydrogens is 441 g/mol. The van der Waals surface area contributed by atoms with Crippen LogP contribution in [0.15, 0.2) is 53.3 Å². The van der Waals surface area contributed by atoms with Crippen LogP contribution in [0.3, 0.4) is 0 Å². The quantitative estimate of drug-likeness (QED) is 0.461. The van der Waals surface area contributed by atoms with Gasteiger partial charge in [-0.25, -0.2) is 9.99 Å². The van der Waals surface area contributed by atoms with E-state index in [0.717, 1.165) is 4.57 Å². The molecule has 0 radical (unpaired) electrons. The number of aromatic nitrogens is 2. The Morgan fingerprint density at radius 2 is 1.84 bits per heavy atom. The third-order valence-corrected chi connectivity index (χ3v) is 5.70. The van der Waals surface area contributed by atoms with Gasteiger partial charge in [-0.3, -0.25) is 19.6 Å². The van der Waals surface area contributed by atoms with Gasteiger partial charge in [0.1, 0.15) is 28.8 Å². The van der Waals surface area contributed by atoms with Crippen molar-refractivity contribution in [1.29, 1.82) is 5.26 Å². The van der Waals surface area contributed by atoms with Crippen molar-refractivity contribution in [1.82, 2.24) is 14.6 Å². The maximum Gasteiger partial charge on any atom is 0.273 e. The Balaban J connectivity index is 1.77. The van der Waals surface area contributed by atoms with Crippen molar-refractivity contribution in [2.45, 2.75) is 11.4 Å². The second kappa shape index (κ2) is 7.95. The highest BCUT2D eigenvalue weighted by Crippen LogP contribution is 2.41. The zero-order valence-electron chi connectivity index (χ0n) is 16.1. The molecule has 156 valence electrons. The molecule has 31 heavy (non-hydrogen) atoms. The number of phenols is 1. The lowest BCUT2D eigenvalue weighted by atomic mass is 9.94. The van der Waals surface area contributed by atoms with E-state index in [2.05, 4.69) is 10.4 Å². The number of rotatable bonds is 4. The van der Waals surface area contributed by atoms with Crippen molar-refractivity contribution < 1.29 is 9.90 Å². The number of amides is 1. The summed E-state index contributed by atoms with van der Waals surface area (Å²) in [5.41, 5.74) is 3.22. The van der Waals surface area contributed by atoms with E-state index in [4.69, 9.17) is 23.2 Å². The smallest absolute Gasteiger partial charge is 0.273 e. The maximum absolute atomic E-state index is 12.8. The molecule has 0 saturated carbocycles. The van der Waals surface area contributed by atoms with E-state index in [1.807, 2.05) is 6.07 Å². The number of hydrogen-bond acceptors (Lipinski definition) is 6. The molecule has 1 fully saturated rings. The lowest BCUT2D eigenvalue weighted by Gasteiger charge is -2.44. The van der Waals surface area contributed by atoms with Crippen LogP contribution in [-0.2, 0) is 11.8 Å². The van der Waals surface area contributed by atoms with Crippen LogP contribution in [0.2, 0.25) is 5.02 Å². The van der Waals surface area contributed by atoms with Gasteiger partial charge in [-0.05, 0) is 18.2 Å². The molecule has 1 aromatic heterocycles. The van der Waals surface area contributed by atoms with Gasteiger partial charge in [0.2, 0.25) is 5.95 Å². The molecule has 4 rings (SSSR count). The molecular formula is C21H15Cl2N5O3. The summed E-state index contributed by atoms with van der Waals surface area (Å²) in [5, 5.41) is 20.5. The topological polar surface area (TPSA) is 111 Å². The Labute approximate surface area is 186 Å². The number of para-hydroxylation sites is 1. The normalized spacial score (nSPS) is 17.7. The summed E-state index contributed by atoms with van der Waals surface area (Å²) in [6.45, 7) is 0. The summed E-state index contributed by atoms with van der Waals surface area (Å²) >= 11 is 12.1. The molecule has 0 aliphatic carbocycles. The minimum Gasteiger partial charge on any atom is -0.508 e. The molecule has 1 amide bonds. The largest absolute Gasteiger partial charge is 0.508 e. The summed E-state index contributed by atoms with van der Waals surface area (Å²) in [6, 6.07) is 14.3. The third-order valence-electron chi connectivity index (χ3n) is 5.02. The van der Waals surface area contributed by atoms with Crippen LogP contribution < -0.4 is 11.0 Å². The number of carbonyl (C=O) groups excluding carboxylic acids is 1. The molecule has 1 aliphatic rings. The zero-order valence-corrected chi connectivity index (χ0v) is 17.6. The predicted molar refractivity (Wildman–Crippen MR) is 116 cm³/mol. The van der Waals surface area contributed by atoms with E-state index in [9.17, 15) is 20.0 Å². The summed E-state index contributed by atoms with van der Waals surface area (Å²) in [5.74, 6) is -0.422. The average Bonchev–Trinajstić information content (AvgIpc) is 2.77. The molecule has 2 N–H and O–H groups in total. The van der Waals surface area contributed by atoms with Gasteiger partial charge in [0.15, 0.2) is 0 Å². The molecule has 3 aromatic rings. The number of alkyl halides is 1. The summed E-state index contributed by atoms with van der Waals surface area (Å²) < 4.78 is 1.13. The fourth-order valence-corrected chi connectivity index (χ4v) is 3.82. The van der Waals surface area contributed by atoms with Crippen molar-refractivity contribution in [3.63, 3.8) is 0 Å². The van der Waals surface area contributed by atoms with Crippen LogP contribution in [0.1, 0.15) is 17.2 Å². The first-order chi connectivity index (χ1) is 14.8. The third kappa shape index (κ3) is 3.48. The number of anilines is 1. The molecule has 2 unspecified atom stereocenters. The second-order valence-electron chi connectivity index (χ2n) is 6.87. The first-order valence-corrected chi connectivity index (χ1v) is 9.93. The minimum atomic E-state index is -0.896. The lowest BCUT2D eigenvalue weighted by molar-refractivity contribution is -0.143. The maximum atomic E-state index is 12.8. The van der Waals surface area contributed by atoms with Crippen molar-refractivity contribution in [2.75, 3.05) is 5.43 Å². The summed E-state index contributed by atoms with van der Waals surface area (Å²) in [7, 11) is 1.43. The summed E-state index contributed by atoms with van der Waals surface area (Å²) in [4.78, 5) is 29.6. The SMILES string of the molecule is Cn1c(NN2C(=O)C(Cl)C2c2ccccc2O)nc(-c2ccc(Cl)cc2)c(C#N)c1=O. The number of nitrogens with zero attached hydrogens (tertiary/aromatic N) is 4. The number of aromatic hydroxyl groups is 1. The van der Waals surface area contributed by atoms with Gasteiger partial charge < -0.3 is 5.11 Å². The molecule has 10 heteroatoms. The van der Waals surface area contributed by atoms with E-state index in [-0.39, 0.29) is 23.0 Å². The molecule has 2 atom stereocenters. The molecule has 1 saturated heterocycles. The molecule has 0 bridgehead atoms. The highest BCUT2D eigenvalue weighted by atomic mass is 35.5. The lowest BCUT2D eigenvalue weighted by Crippen LogP contribution is -2.59. The standard InChI is InChI=1S/C21H15Cl2N5O3/c1-27-19(30)14(10-24)17(11-6-8-12(22)9-7-11)25-21(27)26-28-18(16(23)20(28)31)13-4-2-3-5-15(13)29/h2-9,16,18,29H,1H3,(H,25,26). The molecule has 1 aliphatic heterocycles. The van der Waals surface area contributed by atoms with Crippen LogP contribution in [0.25, 0.3) is 11.3 Å². The van der Waals surface area contributed by atoms with Crippen LogP contribution in [-0.4, -0.2) is 31.0 Å². The molecule has 0 spiro atoms. The fraction of sp³-hybridized carbons (Fsp3) is 0.143. The van der Waals surface area contributed by atoms with Crippen molar-refractivity contribution >= 4 is 35.1 Å². The van der Waals surface area contributed by atoms with E-state index in [1.165, 1.54) is 18.1 Å². The molecule has 2 heterocycles. The van der Waals surface area contributed by atoms with Crippen molar-refractivity contribution in [3.05, 3.63) is 75.0 Å². The number of nitriles is 1. The van der Waals surface area contributed by atoms with Crippen molar-refractivity contribution in [3.8, 4) is 23.1 Å². The van der Waals surface area contributed by atoms with Crippen LogP contribution in [0.5, 0.6) is 5.75 Å². The highest BCUT2D eigenvalue weighted by molar-refractivity contribution is 6.33. The highest BCUT2D eigenvalue weighted by Gasteiger charge is 2.49. The second-order valence-corrected chi connectivity index (χ2v) is 7.77. The Morgan fingerprint density at radius 1 is 1.16 bits per heavy atom. The Hall–Kier alpha value is -3.54. The van der Waals surface area contributed by atoms with Gasteiger partial charge in [0.25, 0.3) is 11.5 Å². The van der Waals surface area contributed by atoms with Gasteiger partial charge in [-0.15, -0.1) is 11.6 Å². The van der Waals surface area contributed by atoms with Gasteiger partial charge in [-0.1, -0.05) is 41.9 Å². The number of halogens is 2. The van der Waals surface area contributed by atoms with Crippen molar-refractivity contribution in [2.24, 2.45) is 7.05 Å². The average molecular weight is 456 g/mol. The monoisotopic (exact) mass is 455 g/mol.